The Kier molecular flexibility index (Phi) is 4.31. The Morgan fingerprint density at radius 3 is 3.14 bits per heavy atom. The van der Waals surface area contributed by atoms with Gasteiger partial charge in [0.1, 0.15) is 0 Å². The Morgan fingerprint density at radius 1 is 1.52 bits per heavy atom. The fourth-order valence-corrected chi connectivity index (χ4v) is 3.19. The van der Waals surface area contributed by atoms with Crippen LogP contribution < -0.4 is 10.6 Å². The number of benzene rings is 1. The minimum absolute atomic E-state index is 0.0162. The number of hydrogen-bond acceptors (Lipinski definition) is 4. The number of amides is 1. The van der Waals surface area contributed by atoms with E-state index in [0.29, 0.717) is 18.2 Å². The average Bonchev–Trinajstić information content (AvgIpc) is 3.16. The second kappa shape index (κ2) is 6.37. The van der Waals surface area contributed by atoms with Crippen molar-refractivity contribution in [2.45, 2.75) is 25.8 Å². The van der Waals surface area contributed by atoms with Gasteiger partial charge in [-0.3, -0.25) is 4.79 Å². The molecule has 1 saturated heterocycles. The number of aryl methyl sites for hydroxylation is 1. The normalized spacial score (nSPS) is 17.9. The quantitative estimate of drug-likeness (QED) is 0.912. The molecule has 1 unspecified atom stereocenters. The summed E-state index contributed by atoms with van der Waals surface area (Å²) in [4.78, 5) is 16.7. The Hall–Kier alpha value is -1.72. The van der Waals surface area contributed by atoms with Crippen LogP contribution in [0.2, 0.25) is 0 Å². The van der Waals surface area contributed by atoms with E-state index in [9.17, 15) is 4.79 Å². The smallest absolute Gasteiger partial charge is 0.251 e. The van der Waals surface area contributed by atoms with Crippen LogP contribution in [0.4, 0.5) is 0 Å². The number of hydrogen-bond donors (Lipinski definition) is 2. The van der Waals surface area contributed by atoms with Gasteiger partial charge in [0.15, 0.2) is 0 Å². The zero-order valence-electron chi connectivity index (χ0n) is 12.1. The van der Waals surface area contributed by atoms with Gasteiger partial charge in [0, 0.05) is 29.1 Å². The molecule has 1 amide bonds. The molecular weight excluding hydrogens is 282 g/mol. The van der Waals surface area contributed by atoms with Crippen LogP contribution in [0.3, 0.4) is 0 Å². The first-order chi connectivity index (χ1) is 10.2. The summed E-state index contributed by atoms with van der Waals surface area (Å²) >= 11 is 1.62. The maximum atomic E-state index is 12.2. The summed E-state index contributed by atoms with van der Waals surface area (Å²) in [5.41, 5.74) is 2.62. The number of carbonyl (C=O) groups excluding carboxylic acids is 1. The van der Waals surface area contributed by atoms with Crippen molar-refractivity contribution in [1.82, 2.24) is 15.6 Å². The summed E-state index contributed by atoms with van der Waals surface area (Å²) in [6.45, 7) is 3.73. The van der Waals surface area contributed by atoms with Gasteiger partial charge in [0.05, 0.1) is 10.7 Å². The molecule has 2 N–H and O–H groups in total. The summed E-state index contributed by atoms with van der Waals surface area (Å²) in [5.74, 6) is -0.0162. The summed E-state index contributed by atoms with van der Waals surface area (Å²) in [5, 5.41) is 9.44. The molecule has 0 spiro atoms. The fourth-order valence-electron chi connectivity index (χ4n) is 2.56. The number of nitrogens with zero attached hydrogens (tertiary/aromatic N) is 1. The van der Waals surface area contributed by atoms with E-state index in [0.717, 1.165) is 29.2 Å². The Morgan fingerprint density at radius 2 is 2.43 bits per heavy atom. The third-order valence-electron chi connectivity index (χ3n) is 3.71. The van der Waals surface area contributed by atoms with Gasteiger partial charge in [-0.05, 0) is 38.4 Å². The van der Waals surface area contributed by atoms with Gasteiger partial charge in [-0.15, -0.1) is 11.3 Å². The van der Waals surface area contributed by atoms with E-state index in [2.05, 4.69) is 15.6 Å². The van der Waals surface area contributed by atoms with Crippen molar-refractivity contribution in [1.29, 1.82) is 0 Å². The van der Waals surface area contributed by atoms with Crippen molar-refractivity contribution < 1.29 is 4.79 Å². The highest BCUT2D eigenvalue weighted by atomic mass is 32.1. The Balaban J connectivity index is 1.68. The van der Waals surface area contributed by atoms with Crippen molar-refractivity contribution in [2.24, 2.45) is 0 Å². The van der Waals surface area contributed by atoms with Crippen LogP contribution in [0.25, 0.3) is 11.3 Å². The second-order valence-electron chi connectivity index (χ2n) is 5.34. The first kappa shape index (κ1) is 14.2. The molecule has 2 aromatic rings. The van der Waals surface area contributed by atoms with Crippen LogP contribution in [0, 0.1) is 6.92 Å². The molecule has 1 aliphatic rings. The van der Waals surface area contributed by atoms with E-state index in [1.54, 1.807) is 11.3 Å². The Bertz CT molecular complexity index is 632. The molecule has 3 rings (SSSR count). The van der Waals surface area contributed by atoms with Gasteiger partial charge in [-0.25, -0.2) is 4.98 Å². The monoisotopic (exact) mass is 301 g/mol. The lowest BCUT2D eigenvalue weighted by Crippen LogP contribution is -2.37. The molecule has 1 aliphatic heterocycles. The number of rotatable bonds is 4. The molecule has 0 radical (unpaired) electrons. The van der Waals surface area contributed by atoms with Crippen molar-refractivity contribution in [2.75, 3.05) is 13.1 Å². The summed E-state index contributed by atoms with van der Waals surface area (Å²) in [6.07, 6.45) is 2.33. The molecule has 4 nitrogen and oxygen atoms in total. The van der Waals surface area contributed by atoms with Crippen LogP contribution in [0.1, 0.15) is 28.2 Å². The highest BCUT2D eigenvalue weighted by Crippen LogP contribution is 2.22. The average molecular weight is 301 g/mol. The lowest BCUT2D eigenvalue weighted by Gasteiger charge is -2.11. The highest BCUT2D eigenvalue weighted by molar-refractivity contribution is 7.09. The fraction of sp³-hybridized carbons (Fsp3) is 0.375. The third kappa shape index (κ3) is 3.49. The standard InChI is InChI=1S/C16H19N3OS/c1-11-19-15(10-21-11)12-4-2-5-13(8-12)16(20)18-9-14-6-3-7-17-14/h2,4-5,8,10,14,17H,3,6-7,9H2,1H3,(H,18,20). The zero-order chi connectivity index (χ0) is 14.7. The van der Waals surface area contributed by atoms with Crippen molar-refractivity contribution >= 4 is 17.2 Å². The maximum Gasteiger partial charge on any atom is 0.251 e. The largest absolute Gasteiger partial charge is 0.350 e. The van der Waals surface area contributed by atoms with Crippen LogP contribution in [0.15, 0.2) is 29.6 Å². The number of nitrogens with one attached hydrogen (secondary N) is 2. The topological polar surface area (TPSA) is 54.0 Å². The van der Waals surface area contributed by atoms with Crippen LogP contribution in [0.5, 0.6) is 0 Å². The molecule has 0 bridgehead atoms. The molecular formula is C16H19N3OS. The number of thiazole rings is 1. The minimum Gasteiger partial charge on any atom is -0.350 e. The molecule has 1 aromatic heterocycles. The first-order valence-corrected chi connectivity index (χ1v) is 8.14. The van der Waals surface area contributed by atoms with Gasteiger partial charge in [0.25, 0.3) is 5.91 Å². The molecule has 1 atom stereocenters. The van der Waals surface area contributed by atoms with Crippen LogP contribution in [-0.4, -0.2) is 30.0 Å². The molecule has 1 fully saturated rings. The van der Waals surface area contributed by atoms with E-state index in [1.807, 2.05) is 36.6 Å². The lowest BCUT2D eigenvalue weighted by atomic mass is 10.1. The van der Waals surface area contributed by atoms with E-state index < -0.39 is 0 Å². The molecule has 2 heterocycles. The van der Waals surface area contributed by atoms with E-state index in [-0.39, 0.29) is 5.91 Å². The van der Waals surface area contributed by atoms with Crippen molar-refractivity contribution in [3.8, 4) is 11.3 Å². The minimum atomic E-state index is -0.0162. The van der Waals surface area contributed by atoms with Gasteiger partial charge < -0.3 is 10.6 Å². The SMILES string of the molecule is Cc1nc(-c2cccc(C(=O)NCC3CCCN3)c2)cs1. The summed E-state index contributed by atoms with van der Waals surface area (Å²) < 4.78 is 0. The van der Waals surface area contributed by atoms with Gasteiger partial charge in [0.2, 0.25) is 0 Å². The zero-order valence-corrected chi connectivity index (χ0v) is 12.9. The van der Waals surface area contributed by atoms with E-state index in [4.69, 9.17) is 0 Å². The molecule has 5 heteroatoms. The van der Waals surface area contributed by atoms with Gasteiger partial charge in [-0.2, -0.15) is 0 Å². The summed E-state index contributed by atoms with van der Waals surface area (Å²) in [7, 11) is 0. The Labute approximate surface area is 128 Å². The van der Waals surface area contributed by atoms with Gasteiger partial charge in [-0.1, -0.05) is 12.1 Å². The first-order valence-electron chi connectivity index (χ1n) is 7.26. The predicted molar refractivity (Wildman–Crippen MR) is 85.6 cm³/mol. The molecule has 21 heavy (non-hydrogen) atoms. The van der Waals surface area contributed by atoms with E-state index in [1.165, 1.54) is 6.42 Å². The van der Waals surface area contributed by atoms with Crippen molar-refractivity contribution in [3.05, 3.63) is 40.2 Å². The third-order valence-corrected chi connectivity index (χ3v) is 4.48. The highest BCUT2D eigenvalue weighted by Gasteiger charge is 2.15. The second-order valence-corrected chi connectivity index (χ2v) is 6.40. The molecule has 110 valence electrons. The predicted octanol–water partition coefficient (Wildman–Crippen LogP) is 2.60. The number of carbonyl (C=O) groups is 1. The summed E-state index contributed by atoms with van der Waals surface area (Å²) in [6, 6.07) is 8.07. The van der Waals surface area contributed by atoms with E-state index >= 15 is 0 Å². The van der Waals surface area contributed by atoms with Crippen LogP contribution >= 0.6 is 11.3 Å². The van der Waals surface area contributed by atoms with Crippen molar-refractivity contribution in [3.63, 3.8) is 0 Å². The molecule has 1 aromatic carbocycles. The van der Waals surface area contributed by atoms with Crippen LogP contribution in [-0.2, 0) is 0 Å². The maximum absolute atomic E-state index is 12.2. The lowest BCUT2D eigenvalue weighted by molar-refractivity contribution is 0.0950. The molecule has 0 saturated carbocycles. The molecule has 0 aliphatic carbocycles. The van der Waals surface area contributed by atoms with Gasteiger partial charge >= 0.3 is 0 Å². The number of aromatic nitrogens is 1.